The van der Waals surface area contributed by atoms with E-state index in [9.17, 15) is 23.4 Å². The van der Waals surface area contributed by atoms with E-state index in [0.717, 1.165) is 48.0 Å². The number of nitrogens with zero attached hydrogens (tertiary/aromatic N) is 1. The number of aliphatic hydroxyl groups excluding tert-OH is 2. The lowest BCUT2D eigenvalue weighted by molar-refractivity contribution is -0.0210. The lowest BCUT2D eigenvalue weighted by Crippen LogP contribution is -2.44. The van der Waals surface area contributed by atoms with Crippen LogP contribution >= 0.6 is 0 Å². The van der Waals surface area contributed by atoms with E-state index < -0.39 is 35.1 Å². The molecule has 0 spiro atoms. The molecule has 1 aliphatic rings. The summed E-state index contributed by atoms with van der Waals surface area (Å²) in [4.78, 5) is 4.48. The summed E-state index contributed by atoms with van der Waals surface area (Å²) in [7, 11) is 1.60. The Morgan fingerprint density at radius 1 is 1.05 bits per heavy atom. The molecule has 4 rings (SSSR count). The number of ether oxygens (including phenoxy) is 1. The highest BCUT2D eigenvalue weighted by molar-refractivity contribution is 5.84. The zero-order valence-electron chi connectivity index (χ0n) is 21.4. The SMILES string of the molecule is COc1ccc2ncc(C)c([C@H](O)CCC3([C@@H](O)CCCc4c(F)cc(F)cc4F)CCNCC3)c2c1. The number of pyridine rings is 1. The van der Waals surface area contributed by atoms with E-state index in [1.807, 2.05) is 25.1 Å². The highest BCUT2D eigenvalue weighted by atomic mass is 19.1. The van der Waals surface area contributed by atoms with Gasteiger partial charge in [0.2, 0.25) is 0 Å². The molecule has 2 aromatic carbocycles. The van der Waals surface area contributed by atoms with Crippen LogP contribution in [0.5, 0.6) is 5.75 Å². The minimum absolute atomic E-state index is 0.0794. The van der Waals surface area contributed by atoms with Crippen LogP contribution in [0.3, 0.4) is 0 Å². The predicted octanol–water partition coefficient (Wildman–Crippen LogP) is 5.54. The third-order valence-corrected chi connectivity index (χ3v) is 7.88. The third-order valence-electron chi connectivity index (χ3n) is 7.88. The summed E-state index contributed by atoms with van der Waals surface area (Å²) >= 11 is 0. The molecule has 0 aliphatic carbocycles. The molecular formula is C29H35F3N2O3. The highest BCUT2D eigenvalue weighted by Crippen LogP contribution is 2.42. The number of aliphatic hydroxyl groups is 2. The molecule has 2 atom stereocenters. The summed E-state index contributed by atoms with van der Waals surface area (Å²) in [6.07, 6.45) is 3.66. The number of hydrogen-bond acceptors (Lipinski definition) is 5. The number of methoxy groups -OCH3 is 1. The van der Waals surface area contributed by atoms with Gasteiger partial charge in [-0.05, 0) is 99.7 Å². The molecule has 1 saturated heterocycles. The zero-order valence-corrected chi connectivity index (χ0v) is 21.4. The van der Waals surface area contributed by atoms with Crippen molar-refractivity contribution in [2.75, 3.05) is 20.2 Å². The second kappa shape index (κ2) is 11.8. The largest absolute Gasteiger partial charge is 0.497 e. The molecule has 3 N–H and O–H groups in total. The molecule has 0 unspecified atom stereocenters. The molecule has 3 aromatic rings. The van der Waals surface area contributed by atoms with Gasteiger partial charge in [0.25, 0.3) is 0 Å². The van der Waals surface area contributed by atoms with Crippen molar-refractivity contribution in [3.63, 3.8) is 0 Å². The van der Waals surface area contributed by atoms with Crippen molar-refractivity contribution in [3.8, 4) is 5.75 Å². The van der Waals surface area contributed by atoms with Gasteiger partial charge in [-0.2, -0.15) is 0 Å². The minimum Gasteiger partial charge on any atom is -0.497 e. The first-order valence-electron chi connectivity index (χ1n) is 12.9. The number of benzene rings is 2. The Morgan fingerprint density at radius 3 is 2.43 bits per heavy atom. The predicted molar refractivity (Wildman–Crippen MR) is 137 cm³/mol. The maximum absolute atomic E-state index is 14.0. The molecule has 8 heteroatoms. The molecule has 200 valence electrons. The van der Waals surface area contributed by atoms with E-state index in [4.69, 9.17) is 4.74 Å². The molecule has 5 nitrogen and oxygen atoms in total. The molecule has 0 bridgehead atoms. The molecule has 1 aliphatic heterocycles. The Kier molecular flexibility index (Phi) is 8.72. The number of aromatic nitrogens is 1. The van der Waals surface area contributed by atoms with Gasteiger partial charge in [0.05, 0.1) is 24.8 Å². The van der Waals surface area contributed by atoms with E-state index in [1.165, 1.54) is 0 Å². The molecule has 37 heavy (non-hydrogen) atoms. The molecule has 0 amide bonds. The number of piperidine rings is 1. The molecule has 1 fully saturated rings. The van der Waals surface area contributed by atoms with Crippen LogP contribution in [0.15, 0.2) is 36.5 Å². The van der Waals surface area contributed by atoms with Crippen LogP contribution in [0.4, 0.5) is 13.2 Å². The number of nitrogens with one attached hydrogen (secondary N) is 1. The summed E-state index contributed by atoms with van der Waals surface area (Å²) in [5, 5.41) is 26.8. The Balaban J connectivity index is 1.47. The van der Waals surface area contributed by atoms with E-state index in [1.54, 1.807) is 13.3 Å². The fourth-order valence-electron chi connectivity index (χ4n) is 5.69. The van der Waals surface area contributed by atoms with Crippen LogP contribution in [0.1, 0.15) is 61.3 Å². The van der Waals surface area contributed by atoms with Gasteiger partial charge >= 0.3 is 0 Å². The van der Waals surface area contributed by atoms with Crippen molar-refractivity contribution in [2.45, 2.75) is 64.1 Å². The van der Waals surface area contributed by atoms with Crippen LogP contribution in [0.25, 0.3) is 10.9 Å². The average molecular weight is 517 g/mol. The van der Waals surface area contributed by atoms with Crippen LogP contribution in [-0.4, -0.2) is 41.5 Å². The summed E-state index contributed by atoms with van der Waals surface area (Å²) in [5.74, 6) is -2.05. The van der Waals surface area contributed by atoms with Crippen LogP contribution < -0.4 is 10.1 Å². The van der Waals surface area contributed by atoms with Crippen molar-refractivity contribution in [1.82, 2.24) is 10.3 Å². The zero-order chi connectivity index (χ0) is 26.6. The van der Waals surface area contributed by atoms with Gasteiger partial charge in [-0.3, -0.25) is 4.98 Å². The standard InChI is InChI=1S/C29H35F3N2O3/c1-18-17-34-25-7-6-20(37-2)16-22(25)28(18)26(35)8-9-29(10-12-33-13-11-29)27(36)5-3-4-21-23(31)14-19(30)15-24(21)32/h6-7,14-17,26-27,33,35-36H,3-5,8-13H2,1-2H3/t26-,27+/m1/s1. The quantitative estimate of drug-likeness (QED) is 0.330. The van der Waals surface area contributed by atoms with Gasteiger partial charge in [0.15, 0.2) is 0 Å². The minimum atomic E-state index is -0.943. The molecule has 0 saturated carbocycles. The van der Waals surface area contributed by atoms with Crippen molar-refractivity contribution >= 4 is 10.9 Å². The van der Waals surface area contributed by atoms with Crippen molar-refractivity contribution in [1.29, 1.82) is 0 Å². The van der Waals surface area contributed by atoms with Gasteiger partial charge in [0, 0.05) is 29.3 Å². The van der Waals surface area contributed by atoms with E-state index in [2.05, 4.69) is 10.3 Å². The fourth-order valence-corrected chi connectivity index (χ4v) is 5.69. The maximum Gasteiger partial charge on any atom is 0.132 e. The summed E-state index contributed by atoms with van der Waals surface area (Å²) in [6, 6.07) is 6.96. The van der Waals surface area contributed by atoms with Gasteiger partial charge in [0.1, 0.15) is 23.2 Å². The normalized spacial score (nSPS) is 17.1. The monoisotopic (exact) mass is 516 g/mol. The van der Waals surface area contributed by atoms with Gasteiger partial charge < -0.3 is 20.3 Å². The first-order chi connectivity index (χ1) is 17.7. The summed E-state index contributed by atoms with van der Waals surface area (Å²) in [6.45, 7) is 3.43. The summed E-state index contributed by atoms with van der Waals surface area (Å²) < 4.78 is 46.7. The molecule has 0 radical (unpaired) electrons. The topological polar surface area (TPSA) is 74.6 Å². The number of halogens is 3. The molecular weight excluding hydrogens is 481 g/mol. The highest BCUT2D eigenvalue weighted by Gasteiger charge is 2.39. The van der Waals surface area contributed by atoms with Crippen molar-refractivity contribution in [3.05, 3.63) is 70.7 Å². The van der Waals surface area contributed by atoms with Crippen LogP contribution in [0, 0.1) is 29.8 Å². The maximum atomic E-state index is 14.0. The first-order valence-corrected chi connectivity index (χ1v) is 12.9. The second-order valence-corrected chi connectivity index (χ2v) is 10.2. The average Bonchev–Trinajstić information content (AvgIpc) is 2.88. The number of aryl methyl sites for hydroxylation is 1. The van der Waals surface area contributed by atoms with E-state index in [-0.39, 0.29) is 12.0 Å². The van der Waals surface area contributed by atoms with Gasteiger partial charge in [-0.25, -0.2) is 13.2 Å². The second-order valence-electron chi connectivity index (χ2n) is 10.2. The first kappa shape index (κ1) is 27.4. The Bertz CT molecular complexity index is 1210. The van der Waals surface area contributed by atoms with Crippen LogP contribution in [0.2, 0.25) is 0 Å². The van der Waals surface area contributed by atoms with Gasteiger partial charge in [-0.15, -0.1) is 0 Å². The Morgan fingerprint density at radius 2 is 1.76 bits per heavy atom. The lowest BCUT2D eigenvalue weighted by atomic mass is 9.69. The third kappa shape index (κ3) is 6.08. The smallest absolute Gasteiger partial charge is 0.132 e. The number of fused-ring (bicyclic) bond motifs is 1. The number of hydrogen-bond donors (Lipinski definition) is 3. The van der Waals surface area contributed by atoms with Crippen molar-refractivity contribution in [2.24, 2.45) is 5.41 Å². The lowest BCUT2D eigenvalue weighted by Gasteiger charge is -2.42. The summed E-state index contributed by atoms with van der Waals surface area (Å²) in [5.41, 5.74) is 1.90. The van der Waals surface area contributed by atoms with E-state index >= 15 is 0 Å². The fraction of sp³-hybridized carbons (Fsp3) is 0.483. The van der Waals surface area contributed by atoms with Crippen LogP contribution in [-0.2, 0) is 6.42 Å². The van der Waals surface area contributed by atoms with Crippen molar-refractivity contribution < 1.29 is 28.1 Å². The van der Waals surface area contributed by atoms with Gasteiger partial charge in [-0.1, -0.05) is 0 Å². The van der Waals surface area contributed by atoms with E-state index in [0.29, 0.717) is 43.6 Å². The number of rotatable bonds is 10. The Labute approximate surface area is 215 Å². The molecule has 1 aromatic heterocycles. The Hall–Kier alpha value is -2.68. The molecule has 2 heterocycles.